The zero-order valence-electron chi connectivity index (χ0n) is 12.0. The lowest BCUT2D eigenvalue weighted by atomic mass is 9.94. The average Bonchev–Trinajstić information content (AvgIpc) is 3.19. The molecule has 1 saturated carbocycles. The number of nitrogen functional groups attached to an aromatic ring is 1. The fraction of sp³-hybridized carbons (Fsp3) is 0.714. The van der Waals surface area contributed by atoms with Crippen LogP contribution in [0.1, 0.15) is 56.8 Å². The number of aliphatic hydroxyl groups excluding tert-OH is 1. The summed E-state index contributed by atoms with van der Waals surface area (Å²) in [4.78, 5) is 9.00. The molecular weight excluding hydrogens is 240 g/mol. The SMILES string of the molecule is CCC(C)(CCO)Nc1nc(C2CC2)nc(N)c1C. The van der Waals surface area contributed by atoms with Crippen LogP contribution >= 0.6 is 0 Å². The van der Waals surface area contributed by atoms with Crippen molar-refractivity contribution in [3.63, 3.8) is 0 Å². The van der Waals surface area contributed by atoms with Crippen molar-refractivity contribution in [1.29, 1.82) is 0 Å². The van der Waals surface area contributed by atoms with Crippen molar-refractivity contribution in [3.05, 3.63) is 11.4 Å². The van der Waals surface area contributed by atoms with Gasteiger partial charge in [-0.1, -0.05) is 6.92 Å². The molecule has 0 spiro atoms. The van der Waals surface area contributed by atoms with Crippen LogP contribution in [0.25, 0.3) is 0 Å². The van der Waals surface area contributed by atoms with Crippen LogP contribution in [0.4, 0.5) is 11.6 Å². The minimum Gasteiger partial charge on any atom is -0.396 e. The van der Waals surface area contributed by atoms with E-state index in [1.165, 1.54) is 0 Å². The Morgan fingerprint density at radius 1 is 1.42 bits per heavy atom. The number of hydrogen-bond donors (Lipinski definition) is 3. The molecule has 106 valence electrons. The van der Waals surface area contributed by atoms with E-state index in [2.05, 4.69) is 29.1 Å². The van der Waals surface area contributed by atoms with Gasteiger partial charge in [-0.2, -0.15) is 0 Å². The standard InChI is InChI=1S/C14H24N4O/c1-4-14(3,7-8-19)18-12-9(2)11(15)16-13(17-12)10-5-6-10/h10,19H,4-8H2,1-3H3,(H3,15,16,17,18). The lowest BCUT2D eigenvalue weighted by Crippen LogP contribution is -2.36. The van der Waals surface area contributed by atoms with E-state index in [1.807, 2.05) is 6.92 Å². The molecule has 1 aromatic heterocycles. The maximum atomic E-state index is 9.19. The van der Waals surface area contributed by atoms with Crippen LogP contribution in [0.3, 0.4) is 0 Å². The molecule has 1 aliphatic rings. The smallest absolute Gasteiger partial charge is 0.136 e. The normalized spacial score (nSPS) is 18.1. The highest BCUT2D eigenvalue weighted by atomic mass is 16.3. The van der Waals surface area contributed by atoms with E-state index in [-0.39, 0.29) is 12.1 Å². The van der Waals surface area contributed by atoms with Crippen molar-refractivity contribution >= 4 is 11.6 Å². The van der Waals surface area contributed by atoms with Gasteiger partial charge >= 0.3 is 0 Å². The number of nitrogens with one attached hydrogen (secondary N) is 1. The average molecular weight is 264 g/mol. The molecule has 2 rings (SSSR count). The number of nitrogens with two attached hydrogens (primary N) is 1. The molecule has 5 nitrogen and oxygen atoms in total. The van der Waals surface area contributed by atoms with Crippen LogP contribution < -0.4 is 11.1 Å². The topological polar surface area (TPSA) is 84.1 Å². The second-order valence-electron chi connectivity index (χ2n) is 5.73. The van der Waals surface area contributed by atoms with Crippen LogP contribution in [-0.2, 0) is 0 Å². The van der Waals surface area contributed by atoms with Gasteiger partial charge < -0.3 is 16.2 Å². The third-order valence-corrected chi connectivity index (χ3v) is 4.01. The monoisotopic (exact) mass is 264 g/mol. The molecule has 0 saturated heterocycles. The highest BCUT2D eigenvalue weighted by Gasteiger charge is 2.29. The Kier molecular flexibility index (Phi) is 3.94. The van der Waals surface area contributed by atoms with E-state index in [9.17, 15) is 5.11 Å². The van der Waals surface area contributed by atoms with Gasteiger partial charge in [0.25, 0.3) is 0 Å². The summed E-state index contributed by atoms with van der Waals surface area (Å²) >= 11 is 0. The summed E-state index contributed by atoms with van der Waals surface area (Å²) in [5.41, 5.74) is 6.71. The molecule has 0 amide bonds. The molecule has 1 heterocycles. The van der Waals surface area contributed by atoms with E-state index >= 15 is 0 Å². The molecular formula is C14H24N4O. The zero-order valence-corrected chi connectivity index (χ0v) is 12.0. The fourth-order valence-corrected chi connectivity index (χ4v) is 2.06. The number of hydrogen-bond acceptors (Lipinski definition) is 5. The molecule has 1 atom stereocenters. The van der Waals surface area contributed by atoms with E-state index in [1.54, 1.807) is 0 Å². The second-order valence-corrected chi connectivity index (χ2v) is 5.73. The third kappa shape index (κ3) is 3.15. The van der Waals surface area contributed by atoms with Gasteiger partial charge in [-0.15, -0.1) is 0 Å². The number of aliphatic hydroxyl groups is 1. The van der Waals surface area contributed by atoms with Crippen LogP contribution in [-0.4, -0.2) is 27.2 Å². The largest absolute Gasteiger partial charge is 0.396 e. The summed E-state index contributed by atoms with van der Waals surface area (Å²) in [5.74, 6) is 2.70. The third-order valence-electron chi connectivity index (χ3n) is 4.01. The summed E-state index contributed by atoms with van der Waals surface area (Å²) in [7, 11) is 0. The molecule has 1 fully saturated rings. The molecule has 0 aliphatic heterocycles. The maximum Gasteiger partial charge on any atom is 0.136 e. The minimum absolute atomic E-state index is 0.159. The molecule has 0 radical (unpaired) electrons. The van der Waals surface area contributed by atoms with Gasteiger partial charge in [0.2, 0.25) is 0 Å². The predicted octanol–water partition coefficient (Wildman–Crippen LogP) is 2.21. The molecule has 4 N–H and O–H groups in total. The highest BCUT2D eigenvalue weighted by Crippen LogP contribution is 2.39. The lowest BCUT2D eigenvalue weighted by Gasteiger charge is -2.30. The summed E-state index contributed by atoms with van der Waals surface area (Å²) in [6, 6.07) is 0. The van der Waals surface area contributed by atoms with Crippen molar-refractivity contribution in [2.45, 2.75) is 57.9 Å². The number of anilines is 2. The summed E-state index contributed by atoms with van der Waals surface area (Å²) < 4.78 is 0. The number of aromatic nitrogens is 2. The van der Waals surface area contributed by atoms with Gasteiger partial charge in [-0.25, -0.2) is 9.97 Å². The minimum atomic E-state index is -0.166. The molecule has 1 unspecified atom stereocenters. The predicted molar refractivity (Wildman–Crippen MR) is 77.2 cm³/mol. The van der Waals surface area contributed by atoms with Crippen molar-refractivity contribution < 1.29 is 5.11 Å². The Hall–Kier alpha value is -1.36. The van der Waals surface area contributed by atoms with Crippen LogP contribution in [0.2, 0.25) is 0 Å². The molecule has 19 heavy (non-hydrogen) atoms. The summed E-state index contributed by atoms with van der Waals surface area (Å²) in [6.07, 6.45) is 3.91. The quantitative estimate of drug-likeness (QED) is 0.733. The first-order valence-electron chi connectivity index (χ1n) is 7.02. The first-order valence-corrected chi connectivity index (χ1v) is 7.02. The van der Waals surface area contributed by atoms with Crippen LogP contribution in [0.15, 0.2) is 0 Å². The molecule has 0 bridgehead atoms. The van der Waals surface area contributed by atoms with Gasteiger partial charge in [0, 0.05) is 23.6 Å². The highest BCUT2D eigenvalue weighted by molar-refractivity contribution is 5.56. The summed E-state index contributed by atoms with van der Waals surface area (Å²) in [6.45, 7) is 6.29. The van der Waals surface area contributed by atoms with Crippen molar-refractivity contribution in [1.82, 2.24) is 9.97 Å². The lowest BCUT2D eigenvalue weighted by molar-refractivity contribution is 0.251. The second kappa shape index (κ2) is 5.33. The van der Waals surface area contributed by atoms with E-state index in [4.69, 9.17) is 5.73 Å². The van der Waals surface area contributed by atoms with Gasteiger partial charge in [0.15, 0.2) is 0 Å². The first-order chi connectivity index (χ1) is 8.99. The van der Waals surface area contributed by atoms with Crippen molar-refractivity contribution in [3.8, 4) is 0 Å². The van der Waals surface area contributed by atoms with Crippen LogP contribution in [0, 0.1) is 6.92 Å². The Balaban J connectivity index is 2.27. The fourth-order valence-electron chi connectivity index (χ4n) is 2.06. The molecule has 1 aromatic rings. The van der Waals surface area contributed by atoms with E-state index < -0.39 is 0 Å². The zero-order chi connectivity index (χ0) is 14.0. The van der Waals surface area contributed by atoms with Crippen LogP contribution in [0.5, 0.6) is 0 Å². The Bertz CT molecular complexity index is 459. The molecule has 0 aromatic carbocycles. The van der Waals surface area contributed by atoms with Gasteiger partial charge in [0.05, 0.1) is 0 Å². The number of nitrogens with zero attached hydrogens (tertiary/aromatic N) is 2. The van der Waals surface area contributed by atoms with Gasteiger partial charge in [-0.05, 0) is 39.5 Å². The van der Waals surface area contributed by atoms with Gasteiger partial charge in [0.1, 0.15) is 17.5 Å². The first kappa shape index (κ1) is 14.1. The van der Waals surface area contributed by atoms with Crippen molar-refractivity contribution in [2.75, 3.05) is 17.7 Å². The van der Waals surface area contributed by atoms with Gasteiger partial charge in [-0.3, -0.25) is 0 Å². The Morgan fingerprint density at radius 2 is 2.11 bits per heavy atom. The van der Waals surface area contributed by atoms with E-state index in [0.29, 0.717) is 18.2 Å². The van der Waals surface area contributed by atoms with E-state index in [0.717, 1.165) is 36.5 Å². The summed E-state index contributed by atoms with van der Waals surface area (Å²) in [5, 5.41) is 12.6. The maximum absolute atomic E-state index is 9.19. The number of rotatable bonds is 6. The van der Waals surface area contributed by atoms with Crippen molar-refractivity contribution in [2.24, 2.45) is 0 Å². The molecule has 1 aliphatic carbocycles. The molecule has 5 heteroatoms. The Labute approximate surface area is 114 Å². The Morgan fingerprint density at radius 3 is 2.63 bits per heavy atom.